The topological polar surface area (TPSA) is 64.3 Å². The van der Waals surface area contributed by atoms with E-state index in [1.807, 2.05) is 13.0 Å². The van der Waals surface area contributed by atoms with Crippen LogP contribution in [0.2, 0.25) is 0 Å². The molecule has 0 saturated heterocycles. The summed E-state index contributed by atoms with van der Waals surface area (Å²) in [6, 6.07) is 8.85. The van der Waals surface area contributed by atoms with Crippen LogP contribution in [0, 0.1) is 6.92 Å². The summed E-state index contributed by atoms with van der Waals surface area (Å²) < 4.78 is 7.02. The van der Waals surface area contributed by atoms with Crippen LogP contribution in [-0.4, -0.2) is 13.0 Å². The molecule has 0 bridgehead atoms. The number of carbonyl (C=O) groups excluding carboxylic acids is 1. The van der Waals surface area contributed by atoms with Crippen LogP contribution in [0.4, 0.5) is 11.4 Å². The van der Waals surface area contributed by atoms with Gasteiger partial charge in [-0.1, -0.05) is 31.9 Å². The number of nitrogens with one attached hydrogen (secondary N) is 1. The van der Waals surface area contributed by atoms with Crippen molar-refractivity contribution in [1.29, 1.82) is 0 Å². The van der Waals surface area contributed by atoms with Crippen LogP contribution in [0.15, 0.2) is 39.3 Å². The Morgan fingerprint density at radius 3 is 2.52 bits per heavy atom. The highest BCUT2D eigenvalue weighted by molar-refractivity contribution is 9.10. The van der Waals surface area contributed by atoms with Gasteiger partial charge in [-0.05, 0) is 42.8 Å². The van der Waals surface area contributed by atoms with Crippen LogP contribution in [0.1, 0.15) is 15.9 Å². The van der Waals surface area contributed by atoms with Gasteiger partial charge in [0.2, 0.25) is 0 Å². The third-order valence-corrected chi connectivity index (χ3v) is 3.93. The zero-order valence-corrected chi connectivity index (χ0v) is 14.7. The molecule has 1 amide bonds. The number of carbonyl (C=O) groups is 1. The van der Waals surface area contributed by atoms with Crippen LogP contribution in [0.3, 0.4) is 0 Å². The summed E-state index contributed by atoms with van der Waals surface area (Å²) in [6.07, 6.45) is 0. The average Bonchev–Trinajstić information content (AvgIpc) is 2.41. The fourth-order valence-electron chi connectivity index (χ4n) is 1.95. The minimum atomic E-state index is -0.274. The van der Waals surface area contributed by atoms with Gasteiger partial charge in [-0.2, -0.15) is 0 Å². The average molecular weight is 414 g/mol. The number of halogens is 2. The lowest BCUT2D eigenvalue weighted by molar-refractivity contribution is 0.102. The molecule has 21 heavy (non-hydrogen) atoms. The van der Waals surface area contributed by atoms with E-state index in [0.29, 0.717) is 22.7 Å². The lowest BCUT2D eigenvalue weighted by Crippen LogP contribution is -2.15. The second-order valence-electron chi connectivity index (χ2n) is 4.49. The maximum Gasteiger partial charge on any atom is 0.257 e. The van der Waals surface area contributed by atoms with Gasteiger partial charge in [-0.25, -0.2) is 0 Å². The molecule has 2 rings (SSSR count). The summed E-state index contributed by atoms with van der Waals surface area (Å²) in [7, 11) is 1.56. The number of ether oxygens (including phenoxy) is 1. The number of anilines is 2. The van der Waals surface area contributed by atoms with E-state index in [0.717, 1.165) is 14.5 Å². The number of aryl methyl sites for hydroxylation is 1. The van der Waals surface area contributed by atoms with Gasteiger partial charge >= 0.3 is 0 Å². The summed E-state index contributed by atoms with van der Waals surface area (Å²) in [6.45, 7) is 1.90. The van der Waals surface area contributed by atoms with Gasteiger partial charge in [0.15, 0.2) is 0 Å². The van der Waals surface area contributed by atoms with Crippen molar-refractivity contribution >= 4 is 49.1 Å². The standard InChI is InChI=1S/C15H14Br2N2O2/c1-8-5-10(17)7-13(21-2)14(8)19-15(20)11-4-3-9(16)6-12(11)18/h3-7H,18H2,1-2H3,(H,19,20). The van der Waals surface area contributed by atoms with E-state index in [9.17, 15) is 4.79 Å². The Hall–Kier alpha value is -1.53. The molecule has 0 aromatic heterocycles. The first-order chi connectivity index (χ1) is 9.92. The highest BCUT2D eigenvalue weighted by Crippen LogP contribution is 2.32. The van der Waals surface area contributed by atoms with Crippen LogP contribution < -0.4 is 15.8 Å². The molecule has 0 radical (unpaired) electrons. The zero-order valence-electron chi connectivity index (χ0n) is 11.5. The first-order valence-corrected chi connectivity index (χ1v) is 7.71. The molecule has 0 heterocycles. The number of rotatable bonds is 3. The van der Waals surface area contributed by atoms with E-state index >= 15 is 0 Å². The van der Waals surface area contributed by atoms with Gasteiger partial charge < -0.3 is 15.8 Å². The minimum absolute atomic E-state index is 0.274. The second-order valence-corrected chi connectivity index (χ2v) is 6.32. The number of methoxy groups -OCH3 is 1. The Morgan fingerprint density at radius 2 is 1.90 bits per heavy atom. The smallest absolute Gasteiger partial charge is 0.257 e. The van der Waals surface area contributed by atoms with Crippen molar-refractivity contribution < 1.29 is 9.53 Å². The lowest BCUT2D eigenvalue weighted by atomic mass is 10.1. The number of nitrogens with two attached hydrogens (primary N) is 1. The van der Waals surface area contributed by atoms with Crippen molar-refractivity contribution in [2.75, 3.05) is 18.2 Å². The Kier molecular flexibility index (Phi) is 4.90. The maximum atomic E-state index is 12.4. The van der Waals surface area contributed by atoms with Crippen molar-refractivity contribution in [3.63, 3.8) is 0 Å². The highest BCUT2D eigenvalue weighted by atomic mass is 79.9. The van der Waals surface area contributed by atoms with Gasteiger partial charge in [0, 0.05) is 14.6 Å². The van der Waals surface area contributed by atoms with E-state index in [4.69, 9.17) is 10.5 Å². The number of amides is 1. The van der Waals surface area contributed by atoms with E-state index < -0.39 is 0 Å². The monoisotopic (exact) mass is 412 g/mol. The Bertz CT molecular complexity index is 702. The molecule has 0 atom stereocenters. The summed E-state index contributed by atoms with van der Waals surface area (Å²) in [5.74, 6) is 0.314. The van der Waals surface area contributed by atoms with Crippen LogP contribution >= 0.6 is 31.9 Å². The molecule has 2 aromatic rings. The fourth-order valence-corrected chi connectivity index (χ4v) is 2.88. The van der Waals surface area contributed by atoms with Crippen LogP contribution in [0.25, 0.3) is 0 Å². The molecule has 0 spiro atoms. The molecule has 0 aliphatic carbocycles. The Balaban J connectivity index is 2.36. The maximum absolute atomic E-state index is 12.4. The van der Waals surface area contributed by atoms with Crippen molar-refractivity contribution in [2.24, 2.45) is 0 Å². The van der Waals surface area contributed by atoms with Crippen molar-refractivity contribution in [2.45, 2.75) is 6.92 Å². The highest BCUT2D eigenvalue weighted by Gasteiger charge is 2.15. The molecule has 6 heteroatoms. The molecule has 0 aliphatic heterocycles. The van der Waals surface area contributed by atoms with Gasteiger partial charge in [0.05, 0.1) is 18.4 Å². The first kappa shape index (κ1) is 15.9. The van der Waals surface area contributed by atoms with Gasteiger partial charge in [0.25, 0.3) is 5.91 Å². The first-order valence-electron chi connectivity index (χ1n) is 6.13. The molecule has 110 valence electrons. The van der Waals surface area contributed by atoms with E-state index in [2.05, 4.69) is 37.2 Å². The van der Waals surface area contributed by atoms with Gasteiger partial charge in [0.1, 0.15) is 5.75 Å². The van der Waals surface area contributed by atoms with E-state index in [1.165, 1.54) is 0 Å². The fraction of sp³-hybridized carbons (Fsp3) is 0.133. The van der Waals surface area contributed by atoms with E-state index in [1.54, 1.807) is 31.4 Å². The predicted molar refractivity (Wildman–Crippen MR) is 91.9 cm³/mol. The normalized spacial score (nSPS) is 10.3. The molecular formula is C15H14Br2N2O2. The third kappa shape index (κ3) is 3.57. The molecule has 0 fully saturated rings. The van der Waals surface area contributed by atoms with Gasteiger partial charge in [-0.3, -0.25) is 4.79 Å². The molecule has 0 saturated carbocycles. The van der Waals surface area contributed by atoms with Gasteiger partial charge in [-0.15, -0.1) is 0 Å². The summed E-state index contributed by atoms with van der Waals surface area (Å²) in [5, 5.41) is 2.85. The SMILES string of the molecule is COc1cc(Br)cc(C)c1NC(=O)c1ccc(Br)cc1N. The summed E-state index contributed by atoms with van der Waals surface area (Å²) in [4.78, 5) is 12.4. The van der Waals surface area contributed by atoms with Crippen molar-refractivity contribution in [3.8, 4) is 5.75 Å². The quantitative estimate of drug-likeness (QED) is 0.734. The van der Waals surface area contributed by atoms with Crippen LogP contribution in [0.5, 0.6) is 5.75 Å². The summed E-state index contributed by atoms with van der Waals surface area (Å²) >= 11 is 6.72. The minimum Gasteiger partial charge on any atom is -0.495 e. The largest absolute Gasteiger partial charge is 0.495 e. The molecular weight excluding hydrogens is 400 g/mol. The molecule has 2 aromatic carbocycles. The number of hydrogen-bond donors (Lipinski definition) is 2. The second kappa shape index (κ2) is 6.49. The Labute approximate surface area is 139 Å². The number of nitrogen functional groups attached to an aromatic ring is 1. The lowest BCUT2D eigenvalue weighted by Gasteiger charge is -2.14. The molecule has 3 N–H and O–H groups in total. The van der Waals surface area contributed by atoms with E-state index in [-0.39, 0.29) is 5.91 Å². The Morgan fingerprint density at radius 1 is 1.19 bits per heavy atom. The third-order valence-electron chi connectivity index (χ3n) is 2.98. The number of benzene rings is 2. The van der Waals surface area contributed by atoms with Crippen LogP contribution in [-0.2, 0) is 0 Å². The predicted octanol–water partition coefficient (Wildman–Crippen LogP) is 4.36. The van der Waals surface area contributed by atoms with Crippen molar-refractivity contribution in [1.82, 2.24) is 0 Å². The summed E-state index contributed by atoms with van der Waals surface area (Å²) in [5.41, 5.74) is 8.24. The number of hydrogen-bond acceptors (Lipinski definition) is 3. The molecule has 0 aliphatic rings. The van der Waals surface area contributed by atoms with Crippen molar-refractivity contribution in [3.05, 3.63) is 50.4 Å². The molecule has 0 unspecified atom stereocenters. The molecule has 4 nitrogen and oxygen atoms in total. The zero-order chi connectivity index (χ0) is 15.6.